The molecule has 1 rings (SSSR count). The third kappa shape index (κ3) is 5.27. The minimum Gasteiger partial charge on any atom is -0.492 e. The van der Waals surface area contributed by atoms with Crippen LogP contribution in [0.5, 0.6) is 5.75 Å². The predicted molar refractivity (Wildman–Crippen MR) is 78.8 cm³/mol. The summed E-state index contributed by atoms with van der Waals surface area (Å²) in [6.45, 7) is 1.84. The average molecular weight is 382 g/mol. The molecule has 0 fully saturated rings. The predicted octanol–water partition coefficient (Wildman–Crippen LogP) is 0.962. The maximum atomic E-state index is 12.2. The number of benzene rings is 1. The minimum absolute atomic E-state index is 0.0523. The van der Waals surface area contributed by atoms with E-state index in [4.69, 9.17) is 14.9 Å². The molecule has 3 N–H and O–H groups in total. The molecule has 0 radical (unpaired) electrons. The second-order valence-electron chi connectivity index (χ2n) is 4.06. The topological polar surface area (TPSA) is 113 Å². The van der Waals surface area contributed by atoms with E-state index in [0.717, 1.165) is 0 Å². The molecule has 0 aliphatic rings. The smallest absolute Gasteiger partial charge is 0.332 e. The number of carboxylic acids is 1. The van der Waals surface area contributed by atoms with Gasteiger partial charge in [0.25, 0.3) is 0 Å². The molecule has 0 bridgehead atoms. The SMILES string of the molecule is CCOc1ccc(Br)cc1S(=O)(=O)NCC[C@H](O)C(=O)O. The van der Waals surface area contributed by atoms with Gasteiger partial charge in [0.1, 0.15) is 10.6 Å². The number of carboxylic acid groups (broad SMARTS) is 1. The number of nitrogens with one attached hydrogen (secondary N) is 1. The summed E-state index contributed by atoms with van der Waals surface area (Å²) in [5.41, 5.74) is 0. The van der Waals surface area contributed by atoms with Crippen LogP contribution in [0.1, 0.15) is 13.3 Å². The summed E-state index contributed by atoms with van der Waals surface area (Å²) < 4.78 is 32.4. The van der Waals surface area contributed by atoms with Crippen LogP contribution >= 0.6 is 15.9 Å². The van der Waals surface area contributed by atoms with Crippen molar-refractivity contribution in [3.05, 3.63) is 22.7 Å². The van der Waals surface area contributed by atoms with E-state index in [1.165, 1.54) is 12.1 Å². The molecule has 0 heterocycles. The quantitative estimate of drug-likeness (QED) is 0.618. The fourth-order valence-electron chi connectivity index (χ4n) is 1.50. The van der Waals surface area contributed by atoms with Crippen molar-refractivity contribution < 1.29 is 28.2 Å². The molecule has 118 valence electrons. The van der Waals surface area contributed by atoms with E-state index in [-0.39, 0.29) is 23.6 Å². The Bertz CT molecular complexity index is 604. The van der Waals surface area contributed by atoms with Gasteiger partial charge < -0.3 is 14.9 Å². The molecule has 7 nitrogen and oxygen atoms in total. The van der Waals surface area contributed by atoms with E-state index in [0.29, 0.717) is 11.1 Å². The number of ether oxygens (including phenoxy) is 1. The molecule has 1 aromatic carbocycles. The van der Waals surface area contributed by atoms with E-state index >= 15 is 0 Å². The van der Waals surface area contributed by atoms with Gasteiger partial charge in [0.15, 0.2) is 6.10 Å². The van der Waals surface area contributed by atoms with Crippen molar-refractivity contribution in [3.63, 3.8) is 0 Å². The van der Waals surface area contributed by atoms with Gasteiger partial charge in [-0.05, 0) is 31.5 Å². The number of aliphatic hydroxyl groups excluding tert-OH is 1. The third-order valence-corrected chi connectivity index (χ3v) is 4.47. The van der Waals surface area contributed by atoms with E-state index in [9.17, 15) is 13.2 Å². The highest BCUT2D eigenvalue weighted by Crippen LogP contribution is 2.27. The van der Waals surface area contributed by atoms with Crippen molar-refractivity contribution in [2.75, 3.05) is 13.2 Å². The molecule has 0 unspecified atom stereocenters. The van der Waals surface area contributed by atoms with E-state index in [2.05, 4.69) is 20.7 Å². The van der Waals surface area contributed by atoms with Gasteiger partial charge in [-0.2, -0.15) is 0 Å². The van der Waals surface area contributed by atoms with Crippen LogP contribution in [0.4, 0.5) is 0 Å². The first-order valence-corrected chi connectivity index (χ1v) is 8.38. The highest BCUT2D eigenvalue weighted by atomic mass is 79.9. The lowest BCUT2D eigenvalue weighted by atomic mass is 10.3. The van der Waals surface area contributed by atoms with Gasteiger partial charge in [0.05, 0.1) is 6.61 Å². The lowest BCUT2D eigenvalue weighted by Gasteiger charge is -2.12. The molecule has 0 saturated heterocycles. The highest BCUT2D eigenvalue weighted by Gasteiger charge is 2.21. The zero-order chi connectivity index (χ0) is 16.0. The zero-order valence-electron chi connectivity index (χ0n) is 11.2. The molecule has 0 aliphatic carbocycles. The summed E-state index contributed by atoms with van der Waals surface area (Å²) >= 11 is 3.18. The standard InChI is InChI=1S/C12H16BrNO6S/c1-2-20-10-4-3-8(13)7-11(10)21(18,19)14-6-5-9(15)12(16)17/h3-4,7,9,14-15H,2,5-6H2,1H3,(H,16,17)/t9-/m0/s1. The number of halogens is 1. The molecule has 21 heavy (non-hydrogen) atoms. The third-order valence-electron chi connectivity index (χ3n) is 2.49. The van der Waals surface area contributed by atoms with E-state index in [1.54, 1.807) is 13.0 Å². The van der Waals surface area contributed by atoms with Gasteiger partial charge in [-0.25, -0.2) is 17.9 Å². The molecule has 1 atom stereocenters. The number of hydrogen-bond acceptors (Lipinski definition) is 5. The van der Waals surface area contributed by atoms with Crippen LogP contribution in [0, 0.1) is 0 Å². The highest BCUT2D eigenvalue weighted by molar-refractivity contribution is 9.10. The number of aliphatic carboxylic acids is 1. The van der Waals surface area contributed by atoms with Crippen molar-refractivity contribution >= 4 is 31.9 Å². The van der Waals surface area contributed by atoms with Crippen molar-refractivity contribution in [1.29, 1.82) is 0 Å². The van der Waals surface area contributed by atoms with Gasteiger partial charge in [-0.15, -0.1) is 0 Å². The van der Waals surface area contributed by atoms with Gasteiger partial charge in [-0.1, -0.05) is 15.9 Å². The molecular weight excluding hydrogens is 366 g/mol. The Morgan fingerprint density at radius 1 is 1.48 bits per heavy atom. The first-order valence-electron chi connectivity index (χ1n) is 6.10. The molecule has 9 heteroatoms. The first kappa shape index (κ1) is 17.9. The summed E-state index contributed by atoms with van der Waals surface area (Å²) in [4.78, 5) is 10.4. The van der Waals surface area contributed by atoms with Gasteiger partial charge in [-0.3, -0.25) is 0 Å². The van der Waals surface area contributed by atoms with Crippen LogP contribution in [-0.4, -0.2) is 43.9 Å². The van der Waals surface area contributed by atoms with Gasteiger partial charge in [0, 0.05) is 11.0 Å². The van der Waals surface area contributed by atoms with Gasteiger partial charge in [0.2, 0.25) is 10.0 Å². The number of hydrogen-bond donors (Lipinski definition) is 3. The van der Waals surface area contributed by atoms with Crippen molar-refractivity contribution in [2.24, 2.45) is 0 Å². The number of carbonyl (C=O) groups is 1. The van der Waals surface area contributed by atoms with Gasteiger partial charge >= 0.3 is 5.97 Å². The van der Waals surface area contributed by atoms with Crippen LogP contribution < -0.4 is 9.46 Å². The van der Waals surface area contributed by atoms with E-state index in [1.807, 2.05) is 0 Å². The maximum Gasteiger partial charge on any atom is 0.332 e. The largest absolute Gasteiger partial charge is 0.492 e. The molecule has 0 saturated carbocycles. The van der Waals surface area contributed by atoms with Crippen LogP contribution in [0.3, 0.4) is 0 Å². The van der Waals surface area contributed by atoms with Crippen molar-refractivity contribution in [3.8, 4) is 5.75 Å². The lowest BCUT2D eigenvalue weighted by molar-refractivity contribution is -0.146. The van der Waals surface area contributed by atoms with Crippen LogP contribution in [-0.2, 0) is 14.8 Å². The van der Waals surface area contributed by atoms with E-state index < -0.39 is 22.1 Å². The lowest BCUT2D eigenvalue weighted by Crippen LogP contribution is -2.30. The summed E-state index contributed by atoms with van der Waals surface area (Å²) in [6, 6.07) is 4.56. The zero-order valence-corrected chi connectivity index (χ0v) is 13.6. The average Bonchev–Trinajstić information content (AvgIpc) is 2.40. The molecular formula is C12H16BrNO6S. The normalized spacial score (nSPS) is 12.9. The molecule has 0 spiro atoms. The van der Waals surface area contributed by atoms with Crippen molar-refractivity contribution in [1.82, 2.24) is 4.72 Å². The molecule has 0 aliphatic heterocycles. The summed E-state index contributed by atoms with van der Waals surface area (Å²) in [5.74, 6) is -1.20. The molecule has 0 aromatic heterocycles. The Labute approximate surface area is 131 Å². The number of aliphatic hydroxyl groups is 1. The number of rotatable bonds is 8. The Morgan fingerprint density at radius 3 is 2.71 bits per heavy atom. The Balaban J connectivity index is 2.87. The maximum absolute atomic E-state index is 12.2. The fraction of sp³-hybridized carbons (Fsp3) is 0.417. The Kier molecular flexibility index (Phi) is 6.59. The second kappa shape index (κ2) is 7.74. The Morgan fingerprint density at radius 2 is 2.14 bits per heavy atom. The second-order valence-corrected chi connectivity index (χ2v) is 6.72. The molecule has 1 aromatic rings. The monoisotopic (exact) mass is 381 g/mol. The van der Waals surface area contributed by atoms with Crippen LogP contribution in [0.25, 0.3) is 0 Å². The first-order chi connectivity index (χ1) is 9.77. The molecule has 0 amide bonds. The van der Waals surface area contributed by atoms with Crippen LogP contribution in [0.15, 0.2) is 27.6 Å². The summed E-state index contributed by atoms with van der Waals surface area (Å²) in [7, 11) is -3.87. The van der Waals surface area contributed by atoms with Crippen molar-refractivity contribution in [2.45, 2.75) is 24.3 Å². The summed E-state index contributed by atoms with van der Waals surface area (Å²) in [6.07, 6.45) is -1.84. The van der Waals surface area contributed by atoms with Crippen LogP contribution in [0.2, 0.25) is 0 Å². The summed E-state index contributed by atoms with van der Waals surface area (Å²) in [5, 5.41) is 17.6. The minimum atomic E-state index is -3.87. The number of sulfonamides is 1. The Hall–Kier alpha value is -1.16. The fourth-order valence-corrected chi connectivity index (χ4v) is 3.23.